The van der Waals surface area contributed by atoms with Crippen molar-refractivity contribution >= 4 is 5.97 Å². The highest BCUT2D eigenvalue weighted by molar-refractivity contribution is 5.70. The summed E-state index contributed by atoms with van der Waals surface area (Å²) in [5.74, 6) is 2.73. The monoisotopic (exact) mass is 437 g/mol. The molecule has 4 aliphatic heterocycles. The zero-order chi connectivity index (χ0) is 22.1. The third kappa shape index (κ3) is 4.16. The zero-order valence-electron chi connectivity index (χ0n) is 18.8. The normalized spacial score (nSPS) is 25.6. The van der Waals surface area contributed by atoms with Gasteiger partial charge < -0.3 is 18.9 Å². The summed E-state index contributed by atoms with van der Waals surface area (Å²) >= 11 is 0. The summed E-state index contributed by atoms with van der Waals surface area (Å²) in [6.45, 7) is 1.04. The minimum Gasteiger partial charge on any atom is -0.493 e. The number of hydrogen-bond donors (Lipinski definition) is 0. The minimum atomic E-state index is -0.108. The number of carbonyl (C=O) groups is 1. The first-order chi connectivity index (χ1) is 15.6. The Labute approximate surface area is 189 Å². The summed E-state index contributed by atoms with van der Waals surface area (Å²) < 4.78 is 23.6. The van der Waals surface area contributed by atoms with Crippen molar-refractivity contribution in [3.63, 3.8) is 0 Å². The predicted molar refractivity (Wildman–Crippen MR) is 121 cm³/mol. The number of fused-ring (bicyclic) bond motifs is 6. The van der Waals surface area contributed by atoms with E-state index in [1.165, 1.54) is 12.8 Å². The number of piperidine rings is 2. The molecule has 6 nitrogen and oxygen atoms in total. The Morgan fingerprint density at radius 3 is 2.53 bits per heavy atom. The lowest BCUT2D eigenvalue weighted by Gasteiger charge is -2.47. The number of hydrogen-bond acceptors (Lipinski definition) is 6. The van der Waals surface area contributed by atoms with Gasteiger partial charge in [-0.15, -0.1) is 0 Å². The lowest BCUT2D eigenvalue weighted by molar-refractivity contribution is -0.154. The molecule has 2 fully saturated rings. The lowest BCUT2D eigenvalue weighted by atomic mass is 9.84. The molecule has 0 saturated carbocycles. The molecule has 0 aliphatic carbocycles. The van der Waals surface area contributed by atoms with Gasteiger partial charge in [0.25, 0.3) is 0 Å². The average molecular weight is 438 g/mol. The SMILES string of the molecule is COc1cc2c(cc1OC)[C@@H]1CC(C[C@@H]3CCCCN31)OC(=O)CCc1ccc(cc1)O2. The van der Waals surface area contributed by atoms with E-state index in [0.717, 1.165) is 48.4 Å². The molecule has 4 bridgehead atoms. The number of carbonyl (C=O) groups excluding carboxylic acids is 1. The Kier molecular flexibility index (Phi) is 5.96. The van der Waals surface area contributed by atoms with Gasteiger partial charge in [0.05, 0.1) is 14.2 Å². The van der Waals surface area contributed by atoms with E-state index in [-0.39, 0.29) is 18.1 Å². The lowest BCUT2D eigenvalue weighted by Crippen LogP contribution is -2.49. The van der Waals surface area contributed by atoms with Gasteiger partial charge in [-0.25, -0.2) is 0 Å². The standard InChI is InChI=1S/C26H31NO5/c1-29-24-15-21-22-14-20(13-18-5-3-4-12-27(18)22)32-26(28)11-8-17-6-9-19(10-7-17)31-23(21)16-25(24)30-2/h6-7,9-10,15-16,18,20,22H,3-5,8,11-14H2,1-2H3/t18-,20?,22-/m0/s1. The molecule has 32 heavy (non-hydrogen) atoms. The maximum atomic E-state index is 12.7. The first-order valence-corrected chi connectivity index (χ1v) is 11.6. The van der Waals surface area contributed by atoms with Crippen LogP contribution < -0.4 is 14.2 Å². The van der Waals surface area contributed by atoms with Crippen molar-refractivity contribution in [2.24, 2.45) is 0 Å². The van der Waals surface area contributed by atoms with E-state index in [1.54, 1.807) is 14.2 Å². The van der Waals surface area contributed by atoms with Crippen molar-refractivity contribution < 1.29 is 23.7 Å². The fraction of sp³-hybridized carbons (Fsp3) is 0.500. The average Bonchev–Trinajstić information content (AvgIpc) is 2.82. The molecule has 0 amide bonds. The summed E-state index contributed by atoms with van der Waals surface area (Å²) in [6.07, 6.45) is 6.18. The fourth-order valence-electron chi connectivity index (χ4n) is 5.44. The summed E-state index contributed by atoms with van der Waals surface area (Å²) in [5, 5.41) is 0. The highest BCUT2D eigenvalue weighted by Gasteiger charge is 2.40. The fourth-order valence-corrected chi connectivity index (χ4v) is 5.44. The second kappa shape index (κ2) is 9.02. The number of rotatable bonds is 2. The molecule has 3 atom stereocenters. The maximum absolute atomic E-state index is 12.7. The van der Waals surface area contributed by atoms with E-state index in [1.807, 2.05) is 36.4 Å². The number of nitrogens with zero attached hydrogens (tertiary/aromatic N) is 1. The van der Waals surface area contributed by atoms with Crippen LogP contribution in [0.4, 0.5) is 0 Å². The quantitative estimate of drug-likeness (QED) is 0.614. The molecule has 2 saturated heterocycles. The van der Waals surface area contributed by atoms with E-state index >= 15 is 0 Å². The van der Waals surface area contributed by atoms with Crippen LogP contribution in [0.2, 0.25) is 0 Å². The van der Waals surface area contributed by atoms with Gasteiger partial charge in [-0.1, -0.05) is 18.6 Å². The van der Waals surface area contributed by atoms with Crippen LogP contribution in [0.15, 0.2) is 36.4 Å². The summed E-state index contributed by atoms with van der Waals surface area (Å²) in [6, 6.07) is 12.4. The van der Waals surface area contributed by atoms with Gasteiger partial charge in [-0.05, 0) is 49.6 Å². The van der Waals surface area contributed by atoms with Crippen molar-refractivity contribution in [1.29, 1.82) is 0 Å². The van der Waals surface area contributed by atoms with Gasteiger partial charge in [0.1, 0.15) is 17.6 Å². The topological polar surface area (TPSA) is 57.2 Å². The molecule has 6 rings (SSSR count). The number of benzene rings is 2. The van der Waals surface area contributed by atoms with E-state index < -0.39 is 0 Å². The van der Waals surface area contributed by atoms with Crippen LogP contribution in [-0.4, -0.2) is 43.8 Å². The Hall–Kier alpha value is -2.73. The molecule has 0 spiro atoms. The highest BCUT2D eigenvalue weighted by atomic mass is 16.5. The molecular formula is C26H31NO5. The van der Waals surface area contributed by atoms with E-state index in [2.05, 4.69) is 4.90 Å². The van der Waals surface area contributed by atoms with Crippen molar-refractivity contribution in [3.8, 4) is 23.0 Å². The second-order valence-corrected chi connectivity index (χ2v) is 8.98. The van der Waals surface area contributed by atoms with Crippen LogP contribution in [0.1, 0.15) is 55.7 Å². The first-order valence-electron chi connectivity index (χ1n) is 11.6. The maximum Gasteiger partial charge on any atom is 0.306 e. The summed E-state index contributed by atoms with van der Waals surface area (Å²) in [5.41, 5.74) is 2.15. The highest BCUT2D eigenvalue weighted by Crippen LogP contribution is 2.47. The smallest absolute Gasteiger partial charge is 0.306 e. The van der Waals surface area contributed by atoms with Crippen molar-refractivity contribution in [2.75, 3.05) is 20.8 Å². The van der Waals surface area contributed by atoms with Gasteiger partial charge in [0, 0.05) is 43.0 Å². The van der Waals surface area contributed by atoms with Crippen LogP contribution >= 0.6 is 0 Å². The minimum absolute atomic E-state index is 0.0864. The molecule has 2 aromatic rings. The second-order valence-electron chi connectivity index (χ2n) is 8.98. The van der Waals surface area contributed by atoms with Gasteiger partial charge in [-0.3, -0.25) is 9.69 Å². The van der Waals surface area contributed by atoms with Crippen molar-refractivity contribution in [3.05, 3.63) is 47.5 Å². The number of aryl methyl sites for hydroxylation is 1. The number of esters is 1. The van der Waals surface area contributed by atoms with Crippen LogP contribution in [0.5, 0.6) is 23.0 Å². The summed E-state index contributed by atoms with van der Waals surface area (Å²) in [7, 11) is 3.29. The largest absolute Gasteiger partial charge is 0.493 e. The van der Waals surface area contributed by atoms with E-state index in [4.69, 9.17) is 18.9 Å². The van der Waals surface area contributed by atoms with Crippen LogP contribution in [0, 0.1) is 0 Å². The van der Waals surface area contributed by atoms with Gasteiger partial charge >= 0.3 is 5.97 Å². The van der Waals surface area contributed by atoms with Crippen LogP contribution in [0.25, 0.3) is 0 Å². The molecule has 0 N–H and O–H groups in total. The van der Waals surface area contributed by atoms with Gasteiger partial charge in [0.2, 0.25) is 0 Å². The molecular weight excluding hydrogens is 406 g/mol. The van der Waals surface area contributed by atoms with E-state index in [0.29, 0.717) is 30.4 Å². The third-order valence-electron chi connectivity index (χ3n) is 7.04. The Balaban J connectivity index is 1.63. The molecule has 170 valence electrons. The summed E-state index contributed by atoms with van der Waals surface area (Å²) in [4.78, 5) is 15.2. The van der Waals surface area contributed by atoms with Crippen LogP contribution in [-0.2, 0) is 16.0 Å². The molecule has 4 aliphatic rings. The van der Waals surface area contributed by atoms with Gasteiger partial charge in [0.15, 0.2) is 11.5 Å². The molecule has 1 unspecified atom stereocenters. The number of methoxy groups -OCH3 is 2. The molecule has 0 aromatic heterocycles. The molecule has 6 heteroatoms. The Morgan fingerprint density at radius 2 is 1.75 bits per heavy atom. The first kappa shape index (κ1) is 21.1. The van der Waals surface area contributed by atoms with Gasteiger partial charge in [-0.2, -0.15) is 0 Å². The number of ether oxygens (including phenoxy) is 4. The van der Waals surface area contributed by atoms with E-state index in [9.17, 15) is 4.79 Å². The Bertz CT molecular complexity index is 973. The van der Waals surface area contributed by atoms with Crippen LogP contribution in [0.3, 0.4) is 0 Å². The molecule has 4 heterocycles. The predicted octanol–water partition coefficient (Wildman–Crippen LogP) is 5.04. The van der Waals surface area contributed by atoms with Crippen molar-refractivity contribution in [2.45, 2.75) is 63.1 Å². The third-order valence-corrected chi connectivity index (χ3v) is 7.04. The molecule has 0 radical (unpaired) electrons. The Morgan fingerprint density at radius 1 is 0.969 bits per heavy atom. The van der Waals surface area contributed by atoms with Crippen molar-refractivity contribution in [1.82, 2.24) is 4.90 Å². The zero-order valence-corrected chi connectivity index (χ0v) is 18.8. The molecule has 2 aromatic carbocycles.